The zero-order chi connectivity index (χ0) is 13.2. The van der Waals surface area contributed by atoms with Crippen LogP contribution in [0.4, 0.5) is 0 Å². The highest BCUT2D eigenvalue weighted by molar-refractivity contribution is 6.00. The van der Waals surface area contributed by atoms with E-state index in [9.17, 15) is 4.79 Å². The van der Waals surface area contributed by atoms with Crippen molar-refractivity contribution in [2.24, 2.45) is 0 Å². The van der Waals surface area contributed by atoms with Gasteiger partial charge in [0.25, 0.3) is 0 Å². The molecule has 0 N–H and O–H groups in total. The third kappa shape index (κ3) is 1.89. The second-order valence-corrected chi connectivity index (χ2v) is 4.00. The standard InChI is InChI=1S/C14H11N3O2/c1-2-19-14(18)13-12-11(16-17-13)10-6-4-3-5-9(10)7-8-15-12/h3-8H,2H2,1H3. The molecular weight excluding hydrogens is 242 g/mol. The molecule has 0 spiro atoms. The number of hydrogen-bond donors (Lipinski definition) is 0. The molecule has 0 amide bonds. The SMILES string of the molecule is CCOC(=O)c1nnc2c3ccccc3ccnc1-2. The summed E-state index contributed by atoms with van der Waals surface area (Å²) in [5, 5.41) is 9.90. The molecule has 5 nitrogen and oxygen atoms in total. The van der Waals surface area contributed by atoms with Crippen molar-refractivity contribution in [1.82, 2.24) is 15.2 Å². The van der Waals surface area contributed by atoms with E-state index < -0.39 is 5.97 Å². The molecule has 1 aromatic carbocycles. The smallest absolute Gasteiger partial charge is 0.361 e. The number of hydrogen-bond acceptors (Lipinski definition) is 5. The largest absolute Gasteiger partial charge is 0.461 e. The van der Waals surface area contributed by atoms with Crippen molar-refractivity contribution in [3.63, 3.8) is 0 Å². The van der Waals surface area contributed by atoms with Crippen molar-refractivity contribution < 1.29 is 9.53 Å². The molecule has 0 radical (unpaired) electrons. The minimum atomic E-state index is -0.493. The second-order valence-electron chi connectivity index (χ2n) is 4.00. The number of nitrogens with zero attached hydrogens (tertiary/aromatic N) is 3. The number of ether oxygens (including phenoxy) is 1. The lowest BCUT2D eigenvalue weighted by Crippen LogP contribution is -2.06. The first-order valence-electron chi connectivity index (χ1n) is 5.98. The van der Waals surface area contributed by atoms with Gasteiger partial charge in [-0.3, -0.25) is 4.98 Å². The van der Waals surface area contributed by atoms with E-state index in [0.717, 1.165) is 10.8 Å². The maximum atomic E-state index is 11.8. The molecule has 2 aliphatic rings. The van der Waals surface area contributed by atoms with E-state index >= 15 is 0 Å². The Kier molecular flexibility index (Phi) is 2.79. The summed E-state index contributed by atoms with van der Waals surface area (Å²) in [5.41, 5.74) is 1.25. The first-order valence-corrected chi connectivity index (χ1v) is 5.98. The lowest BCUT2D eigenvalue weighted by molar-refractivity contribution is 0.0520. The molecule has 0 atom stereocenters. The van der Waals surface area contributed by atoms with Crippen LogP contribution >= 0.6 is 0 Å². The molecule has 0 aromatic heterocycles. The highest BCUT2D eigenvalue weighted by atomic mass is 16.5. The highest BCUT2D eigenvalue weighted by Gasteiger charge is 2.23. The van der Waals surface area contributed by atoms with Gasteiger partial charge in [0.2, 0.25) is 0 Å². The van der Waals surface area contributed by atoms with Gasteiger partial charge in [0.1, 0.15) is 11.4 Å². The molecule has 0 fully saturated rings. The Balaban J connectivity index is 2.23. The van der Waals surface area contributed by atoms with Gasteiger partial charge in [-0.2, -0.15) is 0 Å². The van der Waals surface area contributed by atoms with Gasteiger partial charge in [-0.1, -0.05) is 24.3 Å². The average Bonchev–Trinajstić information content (AvgIpc) is 2.75. The van der Waals surface area contributed by atoms with Crippen molar-refractivity contribution in [3.05, 3.63) is 42.2 Å². The summed E-state index contributed by atoms with van der Waals surface area (Å²) in [5.74, 6) is -0.493. The third-order valence-corrected chi connectivity index (χ3v) is 2.84. The number of benzene rings is 1. The summed E-state index contributed by atoms with van der Waals surface area (Å²) < 4.78 is 4.96. The lowest BCUT2D eigenvalue weighted by atomic mass is 10.1. The van der Waals surface area contributed by atoms with Crippen LogP contribution in [0.5, 0.6) is 0 Å². The Labute approximate surface area is 109 Å². The number of fused-ring (bicyclic) bond motifs is 3. The van der Waals surface area contributed by atoms with Gasteiger partial charge in [0, 0.05) is 11.6 Å². The molecule has 2 aliphatic heterocycles. The van der Waals surface area contributed by atoms with Crippen molar-refractivity contribution >= 4 is 16.7 Å². The van der Waals surface area contributed by atoms with E-state index in [4.69, 9.17) is 4.74 Å². The fourth-order valence-electron chi connectivity index (χ4n) is 2.00. The van der Waals surface area contributed by atoms with Crippen LogP contribution < -0.4 is 0 Å². The van der Waals surface area contributed by atoms with Gasteiger partial charge in [-0.25, -0.2) is 4.79 Å². The van der Waals surface area contributed by atoms with Gasteiger partial charge >= 0.3 is 5.97 Å². The minimum Gasteiger partial charge on any atom is -0.461 e. The monoisotopic (exact) mass is 253 g/mol. The van der Waals surface area contributed by atoms with Crippen LogP contribution in [0.3, 0.4) is 0 Å². The Morgan fingerprint density at radius 2 is 2.00 bits per heavy atom. The van der Waals surface area contributed by atoms with Gasteiger partial charge in [-0.05, 0) is 18.4 Å². The molecule has 19 heavy (non-hydrogen) atoms. The fourth-order valence-corrected chi connectivity index (χ4v) is 2.00. The topological polar surface area (TPSA) is 65.0 Å². The maximum absolute atomic E-state index is 11.8. The third-order valence-electron chi connectivity index (χ3n) is 2.84. The minimum absolute atomic E-state index is 0.165. The van der Waals surface area contributed by atoms with E-state index in [1.807, 2.05) is 30.3 Å². The van der Waals surface area contributed by atoms with Crippen molar-refractivity contribution in [1.29, 1.82) is 0 Å². The molecule has 0 aliphatic carbocycles. The lowest BCUT2D eigenvalue weighted by Gasteiger charge is -1.98. The Hall–Kier alpha value is -2.56. The van der Waals surface area contributed by atoms with Crippen LogP contribution in [0, 0.1) is 0 Å². The Morgan fingerprint density at radius 1 is 1.16 bits per heavy atom. The average molecular weight is 253 g/mol. The number of aromatic nitrogens is 3. The quantitative estimate of drug-likeness (QED) is 0.656. The zero-order valence-electron chi connectivity index (χ0n) is 10.3. The van der Waals surface area contributed by atoms with E-state index in [-0.39, 0.29) is 5.69 Å². The summed E-state index contributed by atoms with van der Waals surface area (Å²) >= 11 is 0. The molecule has 2 heterocycles. The van der Waals surface area contributed by atoms with E-state index in [0.29, 0.717) is 18.0 Å². The number of rotatable bonds is 2. The van der Waals surface area contributed by atoms with Gasteiger partial charge in [-0.15, -0.1) is 10.2 Å². The normalized spacial score (nSPS) is 10.8. The van der Waals surface area contributed by atoms with Crippen molar-refractivity contribution in [3.8, 4) is 11.4 Å². The van der Waals surface area contributed by atoms with E-state index in [1.54, 1.807) is 13.1 Å². The van der Waals surface area contributed by atoms with Crippen LogP contribution in [0.25, 0.3) is 22.2 Å². The molecule has 94 valence electrons. The summed E-state index contributed by atoms with van der Waals surface area (Å²) in [6.45, 7) is 2.05. The van der Waals surface area contributed by atoms with Gasteiger partial charge in [0.05, 0.1) is 6.61 Å². The molecule has 3 rings (SSSR count). The first-order chi connectivity index (χ1) is 9.31. The number of carbonyl (C=O) groups excluding carboxylic acids is 1. The predicted molar refractivity (Wildman–Crippen MR) is 69.9 cm³/mol. The molecule has 0 saturated heterocycles. The van der Waals surface area contributed by atoms with Gasteiger partial charge in [0.15, 0.2) is 5.69 Å². The maximum Gasteiger partial charge on any atom is 0.361 e. The Morgan fingerprint density at radius 3 is 2.84 bits per heavy atom. The van der Waals surface area contributed by atoms with Crippen molar-refractivity contribution in [2.75, 3.05) is 6.61 Å². The van der Waals surface area contributed by atoms with E-state index in [2.05, 4.69) is 15.2 Å². The molecular formula is C14H11N3O2. The molecule has 5 heteroatoms. The van der Waals surface area contributed by atoms with Crippen LogP contribution in [0.1, 0.15) is 17.4 Å². The van der Waals surface area contributed by atoms with E-state index in [1.165, 1.54) is 0 Å². The van der Waals surface area contributed by atoms with Crippen LogP contribution in [-0.2, 0) is 4.74 Å². The van der Waals surface area contributed by atoms with Crippen LogP contribution in [-0.4, -0.2) is 27.8 Å². The molecule has 0 bridgehead atoms. The first kappa shape index (κ1) is 11.5. The molecule has 0 saturated carbocycles. The highest BCUT2D eigenvalue weighted by Crippen LogP contribution is 2.27. The second kappa shape index (κ2) is 4.61. The van der Waals surface area contributed by atoms with Crippen LogP contribution in [0.15, 0.2) is 36.5 Å². The molecule has 1 aromatic rings. The number of carbonyl (C=O) groups is 1. The summed E-state index contributed by atoms with van der Waals surface area (Å²) in [7, 11) is 0. The van der Waals surface area contributed by atoms with Crippen LogP contribution in [0.2, 0.25) is 0 Å². The molecule has 0 unspecified atom stereocenters. The summed E-state index contributed by atoms with van der Waals surface area (Å²) in [4.78, 5) is 16.1. The number of esters is 1. The van der Waals surface area contributed by atoms with Gasteiger partial charge < -0.3 is 4.74 Å². The fraction of sp³-hybridized carbons (Fsp3) is 0.143. The summed E-state index contributed by atoms with van der Waals surface area (Å²) in [6.07, 6.45) is 1.65. The predicted octanol–water partition coefficient (Wildman–Crippen LogP) is 2.31. The Bertz CT molecular complexity index is 727. The zero-order valence-corrected chi connectivity index (χ0v) is 10.3. The van der Waals surface area contributed by atoms with Crippen molar-refractivity contribution in [2.45, 2.75) is 6.92 Å². The summed E-state index contributed by atoms with van der Waals surface area (Å²) in [6, 6.07) is 9.64.